The van der Waals surface area contributed by atoms with Gasteiger partial charge in [-0.05, 0) is 82.2 Å². The topological polar surface area (TPSA) is 51.0 Å². The number of aliphatic imine (C=N–C) groups is 1. The first-order chi connectivity index (χ1) is 15.3. The number of nitrogens with zero attached hydrogens (tertiary/aromatic N) is 1. The van der Waals surface area contributed by atoms with Crippen molar-refractivity contribution in [3.05, 3.63) is 70.3 Å². The summed E-state index contributed by atoms with van der Waals surface area (Å²) in [5.74, 6) is 1.98. The highest BCUT2D eigenvalue weighted by molar-refractivity contribution is 5.75. The molecule has 2 aliphatic rings. The molecule has 3 unspecified atom stereocenters. The van der Waals surface area contributed by atoms with E-state index in [4.69, 9.17) is 9.47 Å². The lowest BCUT2D eigenvalue weighted by molar-refractivity contribution is 0.0170. The second-order valence-corrected chi connectivity index (χ2v) is 9.78. The van der Waals surface area contributed by atoms with Crippen molar-refractivity contribution in [1.82, 2.24) is 0 Å². The third-order valence-electron chi connectivity index (χ3n) is 7.39. The summed E-state index contributed by atoms with van der Waals surface area (Å²) in [7, 11) is 0. The summed E-state index contributed by atoms with van der Waals surface area (Å²) in [6, 6.07) is 10.3. The average molecular weight is 434 g/mol. The molecule has 2 aromatic carbocycles. The molecule has 2 heterocycles. The Kier molecular flexibility index (Phi) is 6.17. The van der Waals surface area contributed by atoms with Gasteiger partial charge in [0.1, 0.15) is 23.7 Å². The first-order valence-corrected chi connectivity index (χ1v) is 11.6. The highest BCUT2D eigenvalue weighted by Crippen LogP contribution is 2.46. The van der Waals surface area contributed by atoms with Crippen molar-refractivity contribution in [3.8, 4) is 11.5 Å². The molecule has 0 spiro atoms. The number of fused-ring (bicyclic) bond motifs is 1. The molecule has 32 heavy (non-hydrogen) atoms. The van der Waals surface area contributed by atoms with Gasteiger partial charge in [-0.2, -0.15) is 0 Å². The zero-order chi connectivity index (χ0) is 22.9. The largest absolute Gasteiger partial charge is 0.488 e. The van der Waals surface area contributed by atoms with Crippen LogP contribution < -0.4 is 9.47 Å². The smallest absolute Gasteiger partial charge is 0.127 e. The van der Waals surface area contributed by atoms with E-state index < -0.39 is 0 Å². The summed E-state index contributed by atoms with van der Waals surface area (Å²) in [4.78, 5) is 4.61. The van der Waals surface area contributed by atoms with Gasteiger partial charge in [0.05, 0.1) is 5.54 Å². The van der Waals surface area contributed by atoms with E-state index in [1.165, 1.54) is 11.1 Å². The van der Waals surface area contributed by atoms with E-state index in [-0.39, 0.29) is 23.7 Å². The van der Waals surface area contributed by atoms with Gasteiger partial charge >= 0.3 is 0 Å². The zero-order valence-corrected chi connectivity index (χ0v) is 19.9. The van der Waals surface area contributed by atoms with E-state index in [1.807, 2.05) is 30.5 Å². The monoisotopic (exact) mass is 433 g/mol. The summed E-state index contributed by atoms with van der Waals surface area (Å²) >= 11 is 0. The molecule has 4 nitrogen and oxygen atoms in total. The van der Waals surface area contributed by atoms with Crippen LogP contribution in [0, 0.1) is 26.7 Å². The normalized spacial score (nSPS) is 24.8. The number of rotatable bonds is 7. The molecular formula is C28H35NO3. The number of aliphatic hydroxyl groups excluding tert-OH is 1. The van der Waals surface area contributed by atoms with Gasteiger partial charge in [-0.1, -0.05) is 36.4 Å². The number of ether oxygens (including phenoxy) is 2. The first-order valence-electron chi connectivity index (χ1n) is 11.6. The van der Waals surface area contributed by atoms with Crippen molar-refractivity contribution in [3.63, 3.8) is 0 Å². The molecule has 0 amide bonds. The van der Waals surface area contributed by atoms with E-state index in [9.17, 15) is 5.11 Å². The van der Waals surface area contributed by atoms with E-state index in [2.05, 4.69) is 57.8 Å². The molecular weight excluding hydrogens is 398 g/mol. The molecule has 0 fully saturated rings. The third kappa shape index (κ3) is 4.21. The first kappa shape index (κ1) is 22.6. The Morgan fingerprint density at radius 3 is 2.50 bits per heavy atom. The predicted molar refractivity (Wildman–Crippen MR) is 130 cm³/mol. The minimum absolute atomic E-state index is 0.0139. The molecule has 0 radical (unpaired) electrons. The van der Waals surface area contributed by atoms with Crippen molar-refractivity contribution in [2.24, 2.45) is 10.9 Å². The zero-order valence-electron chi connectivity index (χ0n) is 19.9. The van der Waals surface area contributed by atoms with Crippen LogP contribution in [0.2, 0.25) is 0 Å². The van der Waals surface area contributed by atoms with Crippen LogP contribution in [0.25, 0.3) is 0 Å². The SMILES string of the molecule is Cc1c(C)c2c(c(C)c1OCc1ccccc1)CCC(C)(CC(CO)C1(C)C=CC=N1)O2. The van der Waals surface area contributed by atoms with Crippen molar-refractivity contribution in [2.45, 2.75) is 71.6 Å². The maximum Gasteiger partial charge on any atom is 0.127 e. The van der Waals surface area contributed by atoms with Crippen LogP contribution in [0.1, 0.15) is 54.5 Å². The molecule has 2 aliphatic heterocycles. The molecule has 2 aromatic rings. The number of hydrogen-bond acceptors (Lipinski definition) is 4. The van der Waals surface area contributed by atoms with E-state index >= 15 is 0 Å². The summed E-state index contributed by atoms with van der Waals surface area (Å²) in [6.07, 6.45) is 8.48. The lowest BCUT2D eigenvalue weighted by atomic mass is 9.76. The predicted octanol–water partition coefficient (Wildman–Crippen LogP) is 5.67. The van der Waals surface area contributed by atoms with Crippen molar-refractivity contribution in [2.75, 3.05) is 6.61 Å². The van der Waals surface area contributed by atoms with Crippen molar-refractivity contribution < 1.29 is 14.6 Å². The van der Waals surface area contributed by atoms with Crippen LogP contribution in [0.5, 0.6) is 11.5 Å². The van der Waals surface area contributed by atoms with Gasteiger partial charge in [0.2, 0.25) is 0 Å². The molecule has 3 atom stereocenters. The quantitative estimate of drug-likeness (QED) is 0.612. The fraction of sp³-hybridized carbons (Fsp3) is 0.464. The highest BCUT2D eigenvalue weighted by atomic mass is 16.5. The van der Waals surface area contributed by atoms with Gasteiger partial charge in [0.25, 0.3) is 0 Å². The van der Waals surface area contributed by atoms with Gasteiger partial charge in [-0.3, -0.25) is 4.99 Å². The van der Waals surface area contributed by atoms with Crippen LogP contribution >= 0.6 is 0 Å². The lowest BCUT2D eigenvalue weighted by Gasteiger charge is -2.42. The summed E-state index contributed by atoms with van der Waals surface area (Å²) in [5, 5.41) is 10.1. The standard InChI is InChI=1S/C28H35NO3/c1-19-20(2)26-24(21(3)25(19)31-18-22-10-7-6-8-11-22)12-14-27(4,32-26)16-23(17-30)28(5)13-9-15-29-28/h6-11,13,15,23,30H,12,14,16-18H2,1-5H3. The minimum atomic E-state index is -0.364. The summed E-state index contributed by atoms with van der Waals surface area (Å²) < 4.78 is 13.0. The number of aliphatic hydroxyl groups is 1. The fourth-order valence-corrected chi connectivity index (χ4v) is 5.07. The van der Waals surface area contributed by atoms with Gasteiger partial charge < -0.3 is 14.6 Å². The van der Waals surface area contributed by atoms with Crippen LogP contribution in [-0.2, 0) is 13.0 Å². The van der Waals surface area contributed by atoms with Gasteiger partial charge in [0, 0.05) is 24.3 Å². The summed E-state index contributed by atoms with van der Waals surface area (Å²) in [5.41, 5.74) is 5.16. The van der Waals surface area contributed by atoms with Crippen LogP contribution in [0.4, 0.5) is 0 Å². The minimum Gasteiger partial charge on any atom is -0.488 e. The van der Waals surface area contributed by atoms with Gasteiger partial charge in [-0.15, -0.1) is 0 Å². The summed E-state index contributed by atoms with van der Waals surface area (Å²) in [6.45, 7) is 11.3. The maximum absolute atomic E-state index is 10.1. The molecule has 4 rings (SSSR count). The Hall–Kier alpha value is -2.59. The second-order valence-electron chi connectivity index (χ2n) is 9.78. The highest BCUT2D eigenvalue weighted by Gasteiger charge is 2.42. The van der Waals surface area contributed by atoms with Gasteiger partial charge in [-0.25, -0.2) is 0 Å². The molecule has 0 saturated heterocycles. The van der Waals surface area contributed by atoms with E-state index in [0.29, 0.717) is 6.61 Å². The van der Waals surface area contributed by atoms with Gasteiger partial charge in [0.15, 0.2) is 0 Å². The van der Waals surface area contributed by atoms with E-state index in [0.717, 1.165) is 47.5 Å². The molecule has 170 valence electrons. The molecule has 0 aliphatic carbocycles. The molecule has 0 bridgehead atoms. The Morgan fingerprint density at radius 1 is 1.09 bits per heavy atom. The van der Waals surface area contributed by atoms with Crippen LogP contribution in [0.3, 0.4) is 0 Å². The molecule has 0 aromatic heterocycles. The Balaban J connectivity index is 1.58. The second kappa shape index (κ2) is 8.74. The Labute approximate surface area is 192 Å². The molecule has 0 saturated carbocycles. The fourth-order valence-electron chi connectivity index (χ4n) is 5.07. The Bertz CT molecular complexity index is 1030. The average Bonchev–Trinajstić information content (AvgIpc) is 3.24. The Morgan fingerprint density at radius 2 is 1.84 bits per heavy atom. The number of allylic oxidation sites excluding steroid dienone is 1. The number of hydrogen-bond donors (Lipinski definition) is 1. The van der Waals surface area contributed by atoms with E-state index in [1.54, 1.807) is 0 Å². The van der Waals surface area contributed by atoms with Crippen molar-refractivity contribution >= 4 is 6.21 Å². The molecule has 4 heteroatoms. The van der Waals surface area contributed by atoms with Crippen LogP contribution in [0.15, 0.2) is 47.5 Å². The third-order valence-corrected chi connectivity index (χ3v) is 7.39. The maximum atomic E-state index is 10.1. The molecule has 1 N–H and O–H groups in total. The van der Waals surface area contributed by atoms with Crippen LogP contribution in [-0.4, -0.2) is 29.1 Å². The number of benzene rings is 2. The lowest BCUT2D eigenvalue weighted by Crippen LogP contribution is -2.44. The van der Waals surface area contributed by atoms with Crippen molar-refractivity contribution in [1.29, 1.82) is 0 Å².